The number of aromatic nitrogens is 1. The maximum Gasteiger partial charge on any atom is 0.318 e. The predicted molar refractivity (Wildman–Crippen MR) is 64.5 cm³/mol. The van der Waals surface area contributed by atoms with Crippen LogP contribution in [0.4, 0.5) is 4.79 Å². The molecular weight excluding hydrogens is 242 g/mol. The van der Waals surface area contributed by atoms with Gasteiger partial charge in [-0.1, -0.05) is 5.16 Å². The highest BCUT2D eigenvalue weighted by Crippen LogP contribution is 2.22. The Morgan fingerprint density at radius 2 is 2.18 bits per heavy atom. The molecule has 3 amide bonds. The van der Waals surface area contributed by atoms with Crippen molar-refractivity contribution in [3.63, 3.8) is 0 Å². The first-order valence-electron chi connectivity index (χ1n) is 5.05. The van der Waals surface area contributed by atoms with Crippen LogP contribution in [0.15, 0.2) is 4.52 Å². The number of primary amides is 1. The van der Waals surface area contributed by atoms with E-state index in [4.69, 9.17) is 10.3 Å². The van der Waals surface area contributed by atoms with Crippen LogP contribution in [0.2, 0.25) is 0 Å². The quantitative estimate of drug-likeness (QED) is 0.841. The Hall–Kier alpha value is -1.50. The van der Waals surface area contributed by atoms with Gasteiger partial charge in [-0.05, 0) is 20.8 Å². The van der Waals surface area contributed by atoms with Crippen molar-refractivity contribution >= 4 is 23.7 Å². The van der Waals surface area contributed by atoms with E-state index < -0.39 is 11.9 Å². The van der Waals surface area contributed by atoms with Crippen LogP contribution in [0.1, 0.15) is 23.9 Å². The van der Waals surface area contributed by atoms with Crippen molar-refractivity contribution in [3.05, 3.63) is 17.0 Å². The van der Waals surface area contributed by atoms with Gasteiger partial charge in [0.2, 0.25) is 5.91 Å². The molecule has 17 heavy (non-hydrogen) atoms. The molecule has 0 radical (unpaired) electrons. The molecule has 7 heteroatoms. The first-order chi connectivity index (χ1) is 7.91. The van der Waals surface area contributed by atoms with Crippen molar-refractivity contribution in [3.8, 4) is 0 Å². The van der Waals surface area contributed by atoms with Gasteiger partial charge in [-0.15, -0.1) is 11.8 Å². The fourth-order valence-electron chi connectivity index (χ4n) is 1.22. The number of rotatable bonds is 4. The van der Waals surface area contributed by atoms with Gasteiger partial charge < -0.3 is 10.3 Å². The number of thioether (sulfide) groups is 1. The summed E-state index contributed by atoms with van der Waals surface area (Å²) in [6.07, 6.45) is 0. The van der Waals surface area contributed by atoms with Crippen LogP contribution in [-0.2, 0) is 10.5 Å². The van der Waals surface area contributed by atoms with Crippen LogP contribution in [-0.4, -0.2) is 22.3 Å². The Labute approximate surface area is 103 Å². The number of carbonyl (C=O) groups excluding carboxylic acids is 2. The standard InChI is InChI=1S/C10H15N3O3S/c1-5-8(6(2)16-13-5)4-17-7(3)9(14)12-10(11)15/h7H,4H2,1-3H3,(H3,11,12,14,15)/t7-/m1/s1. The third kappa shape index (κ3) is 3.77. The van der Waals surface area contributed by atoms with Crippen molar-refractivity contribution in [2.75, 3.05) is 0 Å². The summed E-state index contributed by atoms with van der Waals surface area (Å²) < 4.78 is 5.01. The average Bonchev–Trinajstić information content (AvgIpc) is 2.54. The van der Waals surface area contributed by atoms with Gasteiger partial charge in [0, 0.05) is 11.3 Å². The van der Waals surface area contributed by atoms with E-state index in [0.717, 1.165) is 17.0 Å². The SMILES string of the molecule is Cc1noc(C)c1CS[C@H](C)C(=O)NC(N)=O. The second kappa shape index (κ2) is 5.72. The van der Waals surface area contributed by atoms with Gasteiger partial charge in [0.15, 0.2) is 0 Å². The minimum Gasteiger partial charge on any atom is -0.361 e. The van der Waals surface area contributed by atoms with Crippen LogP contribution >= 0.6 is 11.8 Å². The lowest BCUT2D eigenvalue weighted by atomic mass is 10.2. The van der Waals surface area contributed by atoms with Crippen molar-refractivity contribution in [2.24, 2.45) is 5.73 Å². The summed E-state index contributed by atoms with van der Waals surface area (Å²) in [5.41, 5.74) is 6.66. The number of aryl methyl sites for hydroxylation is 2. The summed E-state index contributed by atoms with van der Waals surface area (Å²) in [6, 6.07) is -0.834. The summed E-state index contributed by atoms with van der Waals surface area (Å²) >= 11 is 1.39. The van der Waals surface area contributed by atoms with E-state index in [9.17, 15) is 9.59 Å². The molecule has 0 spiro atoms. The molecule has 1 aromatic heterocycles. The van der Waals surface area contributed by atoms with E-state index in [2.05, 4.69) is 5.16 Å². The van der Waals surface area contributed by atoms with Gasteiger partial charge in [-0.25, -0.2) is 4.79 Å². The van der Waals surface area contributed by atoms with Crippen molar-refractivity contribution in [2.45, 2.75) is 31.8 Å². The number of nitrogens with zero attached hydrogens (tertiary/aromatic N) is 1. The molecule has 1 atom stereocenters. The zero-order valence-corrected chi connectivity index (χ0v) is 10.8. The molecule has 1 heterocycles. The first kappa shape index (κ1) is 13.6. The van der Waals surface area contributed by atoms with Crippen LogP contribution in [0, 0.1) is 13.8 Å². The number of imide groups is 1. The van der Waals surface area contributed by atoms with Gasteiger partial charge in [0.1, 0.15) is 5.76 Å². The topological polar surface area (TPSA) is 98.2 Å². The highest BCUT2D eigenvalue weighted by Gasteiger charge is 2.17. The molecule has 6 nitrogen and oxygen atoms in total. The van der Waals surface area contributed by atoms with E-state index in [1.165, 1.54) is 11.8 Å². The lowest BCUT2D eigenvalue weighted by Gasteiger charge is -2.09. The third-order valence-corrected chi connectivity index (χ3v) is 3.44. The molecule has 0 fully saturated rings. The minimum absolute atomic E-state index is 0.365. The highest BCUT2D eigenvalue weighted by atomic mass is 32.2. The summed E-state index contributed by atoms with van der Waals surface area (Å²) in [6.45, 7) is 5.38. The first-order valence-corrected chi connectivity index (χ1v) is 6.10. The number of hydrogen-bond acceptors (Lipinski definition) is 5. The zero-order valence-electron chi connectivity index (χ0n) is 9.94. The van der Waals surface area contributed by atoms with Gasteiger partial charge >= 0.3 is 6.03 Å². The van der Waals surface area contributed by atoms with Gasteiger partial charge in [0.25, 0.3) is 0 Å². The van der Waals surface area contributed by atoms with Crippen LogP contribution in [0.25, 0.3) is 0 Å². The number of carbonyl (C=O) groups is 2. The van der Waals surface area contributed by atoms with Crippen molar-refractivity contribution in [1.29, 1.82) is 0 Å². The monoisotopic (exact) mass is 257 g/mol. The number of urea groups is 1. The van der Waals surface area contributed by atoms with E-state index in [1.54, 1.807) is 6.92 Å². The number of hydrogen-bond donors (Lipinski definition) is 2. The molecule has 0 saturated heterocycles. The molecule has 94 valence electrons. The largest absolute Gasteiger partial charge is 0.361 e. The second-order valence-corrected chi connectivity index (χ2v) is 4.94. The van der Waals surface area contributed by atoms with E-state index >= 15 is 0 Å². The maximum absolute atomic E-state index is 11.4. The maximum atomic E-state index is 11.4. The molecule has 0 aliphatic rings. The molecule has 0 saturated carbocycles. The molecule has 0 aliphatic carbocycles. The number of nitrogens with two attached hydrogens (primary N) is 1. The molecular formula is C10H15N3O3S. The van der Waals surface area contributed by atoms with E-state index in [-0.39, 0.29) is 5.25 Å². The third-order valence-electron chi connectivity index (χ3n) is 2.27. The molecule has 1 rings (SSSR count). The molecule has 1 aromatic rings. The predicted octanol–water partition coefficient (Wildman–Crippen LogP) is 1.11. The molecule has 0 bridgehead atoms. The molecule has 0 aromatic carbocycles. The molecule has 0 unspecified atom stereocenters. The molecule has 3 N–H and O–H groups in total. The fourth-order valence-corrected chi connectivity index (χ4v) is 2.25. The van der Waals surface area contributed by atoms with Gasteiger partial charge in [-0.3, -0.25) is 10.1 Å². The smallest absolute Gasteiger partial charge is 0.318 e. The van der Waals surface area contributed by atoms with Crippen LogP contribution in [0.5, 0.6) is 0 Å². The Bertz CT molecular complexity index is 411. The van der Waals surface area contributed by atoms with E-state index in [0.29, 0.717) is 5.75 Å². The average molecular weight is 257 g/mol. The lowest BCUT2D eigenvalue weighted by Crippen LogP contribution is -2.39. The van der Waals surface area contributed by atoms with Crippen LogP contribution < -0.4 is 11.1 Å². The number of amides is 3. The highest BCUT2D eigenvalue weighted by molar-refractivity contribution is 7.99. The van der Waals surface area contributed by atoms with Gasteiger partial charge in [-0.2, -0.15) is 0 Å². The normalized spacial score (nSPS) is 12.2. The van der Waals surface area contributed by atoms with Crippen molar-refractivity contribution in [1.82, 2.24) is 10.5 Å². The second-order valence-electron chi connectivity index (χ2n) is 3.61. The lowest BCUT2D eigenvalue weighted by molar-refractivity contribution is -0.119. The van der Waals surface area contributed by atoms with E-state index in [1.807, 2.05) is 19.2 Å². The zero-order chi connectivity index (χ0) is 13.0. The Balaban J connectivity index is 2.51. The van der Waals surface area contributed by atoms with Crippen LogP contribution in [0.3, 0.4) is 0 Å². The molecule has 0 aliphatic heterocycles. The Kier molecular flexibility index (Phi) is 4.56. The Morgan fingerprint density at radius 1 is 1.53 bits per heavy atom. The number of nitrogens with one attached hydrogen (secondary N) is 1. The fraction of sp³-hybridized carbons (Fsp3) is 0.500. The summed E-state index contributed by atoms with van der Waals surface area (Å²) in [5.74, 6) is 0.959. The summed E-state index contributed by atoms with van der Waals surface area (Å²) in [7, 11) is 0. The Morgan fingerprint density at radius 3 is 2.65 bits per heavy atom. The van der Waals surface area contributed by atoms with Gasteiger partial charge in [0.05, 0.1) is 10.9 Å². The summed E-state index contributed by atoms with van der Waals surface area (Å²) in [5, 5.41) is 5.50. The summed E-state index contributed by atoms with van der Waals surface area (Å²) in [4.78, 5) is 21.9. The van der Waals surface area contributed by atoms with Crippen molar-refractivity contribution < 1.29 is 14.1 Å². The minimum atomic E-state index is -0.834.